The zero-order chi connectivity index (χ0) is 13.9. The first-order chi connectivity index (χ1) is 9.72. The number of ether oxygens (including phenoxy) is 2. The van der Waals surface area contributed by atoms with Gasteiger partial charge >= 0.3 is 0 Å². The van der Waals surface area contributed by atoms with E-state index >= 15 is 0 Å². The maximum atomic E-state index is 13.2. The number of benzene rings is 2. The van der Waals surface area contributed by atoms with Gasteiger partial charge in [-0.05, 0) is 29.8 Å². The summed E-state index contributed by atoms with van der Waals surface area (Å²) in [4.78, 5) is 0. The molecule has 1 N–H and O–H groups in total. The highest BCUT2D eigenvalue weighted by molar-refractivity contribution is 6.30. The second-order valence-corrected chi connectivity index (χ2v) is 4.97. The molecule has 3 nitrogen and oxygen atoms in total. The Labute approximate surface area is 121 Å². The van der Waals surface area contributed by atoms with Crippen LogP contribution in [0.2, 0.25) is 5.02 Å². The number of halogens is 2. The van der Waals surface area contributed by atoms with Crippen molar-refractivity contribution < 1.29 is 13.9 Å². The van der Waals surface area contributed by atoms with Crippen LogP contribution in [-0.4, -0.2) is 6.79 Å². The lowest BCUT2D eigenvalue weighted by atomic mass is 10.1. The quantitative estimate of drug-likeness (QED) is 0.936. The van der Waals surface area contributed by atoms with Gasteiger partial charge in [-0.15, -0.1) is 0 Å². The number of hydrogen-bond acceptors (Lipinski definition) is 3. The van der Waals surface area contributed by atoms with E-state index in [1.807, 2.05) is 18.2 Å². The van der Waals surface area contributed by atoms with Crippen LogP contribution in [0.1, 0.15) is 11.1 Å². The van der Waals surface area contributed by atoms with E-state index in [0.717, 1.165) is 22.6 Å². The van der Waals surface area contributed by atoms with Gasteiger partial charge in [0.05, 0.1) is 0 Å². The molecule has 0 bridgehead atoms. The second-order valence-electron chi connectivity index (χ2n) is 4.53. The van der Waals surface area contributed by atoms with Crippen LogP contribution >= 0.6 is 11.6 Å². The topological polar surface area (TPSA) is 30.5 Å². The van der Waals surface area contributed by atoms with Gasteiger partial charge in [0.25, 0.3) is 0 Å². The van der Waals surface area contributed by atoms with Crippen molar-refractivity contribution in [2.24, 2.45) is 0 Å². The molecule has 5 heteroatoms. The SMILES string of the molecule is Fc1cc(Cl)cc(CNCc2cccc3c2OCO3)c1. The maximum absolute atomic E-state index is 13.2. The normalized spacial score (nSPS) is 12.7. The Bertz CT molecular complexity index is 613. The van der Waals surface area contributed by atoms with Crippen LogP contribution in [0.5, 0.6) is 11.5 Å². The van der Waals surface area contributed by atoms with E-state index in [1.165, 1.54) is 12.1 Å². The predicted molar refractivity (Wildman–Crippen MR) is 74.5 cm³/mol. The largest absolute Gasteiger partial charge is 0.454 e. The first kappa shape index (κ1) is 13.2. The first-order valence-electron chi connectivity index (χ1n) is 6.25. The van der Waals surface area contributed by atoms with E-state index in [9.17, 15) is 4.39 Å². The van der Waals surface area contributed by atoms with Gasteiger partial charge in [0, 0.05) is 23.7 Å². The Hall–Kier alpha value is -1.78. The molecule has 0 amide bonds. The summed E-state index contributed by atoms with van der Waals surface area (Å²) in [6, 6.07) is 10.3. The molecular weight excluding hydrogens is 281 g/mol. The van der Waals surface area contributed by atoms with Gasteiger partial charge in [-0.1, -0.05) is 23.7 Å². The van der Waals surface area contributed by atoms with Crippen molar-refractivity contribution in [1.29, 1.82) is 0 Å². The van der Waals surface area contributed by atoms with Crippen molar-refractivity contribution in [2.45, 2.75) is 13.1 Å². The summed E-state index contributed by atoms with van der Waals surface area (Å²) in [5.41, 5.74) is 1.82. The number of hydrogen-bond donors (Lipinski definition) is 1. The molecule has 0 fully saturated rings. The molecule has 0 radical (unpaired) electrons. The Morgan fingerprint density at radius 1 is 1.15 bits per heavy atom. The third-order valence-corrected chi connectivity index (χ3v) is 3.26. The van der Waals surface area contributed by atoms with Gasteiger partial charge in [0.1, 0.15) is 5.82 Å². The molecule has 0 saturated carbocycles. The Morgan fingerprint density at radius 3 is 2.90 bits per heavy atom. The third-order valence-electron chi connectivity index (χ3n) is 3.05. The van der Waals surface area contributed by atoms with E-state index in [0.29, 0.717) is 18.1 Å². The number of para-hydroxylation sites is 1. The minimum absolute atomic E-state index is 0.256. The average molecular weight is 294 g/mol. The molecule has 0 unspecified atom stereocenters. The molecule has 20 heavy (non-hydrogen) atoms. The molecule has 0 aromatic heterocycles. The van der Waals surface area contributed by atoms with Crippen LogP contribution in [0.3, 0.4) is 0 Å². The highest BCUT2D eigenvalue weighted by Crippen LogP contribution is 2.35. The summed E-state index contributed by atoms with van der Waals surface area (Å²) >= 11 is 5.82. The molecule has 2 aromatic carbocycles. The second kappa shape index (κ2) is 5.69. The van der Waals surface area contributed by atoms with Crippen molar-refractivity contribution in [3.05, 3.63) is 58.4 Å². The standard InChI is InChI=1S/C15H13ClFNO2/c16-12-4-10(5-13(17)6-12)7-18-8-11-2-1-3-14-15(11)20-9-19-14/h1-6,18H,7-9H2. The van der Waals surface area contributed by atoms with Gasteiger partial charge in [-0.3, -0.25) is 0 Å². The Balaban J connectivity index is 1.64. The summed E-state index contributed by atoms with van der Waals surface area (Å²) in [5.74, 6) is 1.21. The average Bonchev–Trinajstić information content (AvgIpc) is 2.86. The summed E-state index contributed by atoms with van der Waals surface area (Å²) in [5, 5.41) is 3.64. The van der Waals surface area contributed by atoms with Gasteiger partial charge in [-0.25, -0.2) is 4.39 Å². The highest BCUT2D eigenvalue weighted by atomic mass is 35.5. The highest BCUT2D eigenvalue weighted by Gasteiger charge is 2.16. The van der Waals surface area contributed by atoms with Crippen molar-refractivity contribution in [3.8, 4) is 11.5 Å². The Kier molecular flexibility index (Phi) is 3.76. The molecule has 0 spiro atoms. The smallest absolute Gasteiger partial charge is 0.231 e. The van der Waals surface area contributed by atoms with Crippen LogP contribution < -0.4 is 14.8 Å². The fourth-order valence-electron chi connectivity index (χ4n) is 2.18. The summed E-state index contributed by atoms with van der Waals surface area (Å²) < 4.78 is 24.0. The Morgan fingerprint density at radius 2 is 2.05 bits per heavy atom. The van der Waals surface area contributed by atoms with Crippen molar-refractivity contribution in [3.63, 3.8) is 0 Å². The van der Waals surface area contributed by atoms with Crippen molar-refractivity contribution >= 4 is 11.6 Å². The van der Waals surface area contributed by atoms with Gasteiger partial charge < -0.3 is 14.8 Å². The van der Waals surface area contributed by atoms with Crippen LogP contribution in [0, 0.1) is 5.82 Å². The van der Waals surface area contributed by atoms with Crippen LogP contribution in [0.25, 0.3) is 0 Å². The molecule has 2 aromatic rings. The molecule has 1 aliphatic heterocycles. The van der Waals surface area contributed by atoms with Crippen LogP contribution in [0.15, 0.2) is 36.4 Å². The molecule has 0 atom stereocenters. The summed E-state index contributed by atoms with van der Waals surface area (Å²) in [7, 11) is 0. The van der Waals surface area contributed by atoms with Gasteiger partial charge in [0.2, 0.25) is 6.79 Å². The van der Waals surface area contributed by atoms with Crippen molar-refractivity contribution in [2.75, 3.05) is 6.79 Å². The van der Waals surface area contributed by atoms with E-state index in [4.69, 9.17) is 21.1 Å². The van der Waals surface area contributed by atoms with E-state index in [2.05, 4.69) is 5.32 Å². The molecule has 1 heterocycles. The number of rotatable bonds is 4. The fraction of sp³-hybridized carbons (Fsp3) is 0.200. The monoisotopic (exact) mass is 293 g/mol. The minimum atomic E-state index is -0.327. The maximum Gasteiger partial charge on any atom is 0.231 e. The lowest BCUT2D eigenvalue weighted by Gasteiger charge is -2.08. The lowest BCUT2D eigenvalue weighted by Crippen LogP contribution is -2.13. The minimum Gasteiger partial charge on any atom is -0.454 e. The molecule has 104 valence electrons. The molecular formula is C15H13ClFNO2. The zero-order valence-electron chi connectivity index (χ0n) is 10.7. The van der Waals surface area contributed by atoms with E-state index in [-0.39, 0.29) is 12.6 Å². The fourth-order valence-corrected chi connectivity index (χ4v) is 2.43. The molecule has 1 aliphatic rings. The lowest BCUT2D eigenvalue weighted by molar-refractivity contribution is 0.173. The zero-order valence-corrected chi connectivity index (χ0v) is 11.4. The van der Waals surface area contributed by atoms with Crippen molar-refractivity contribution in [1.82, 2.24) is 5.32 Å². The summed E-state index contributed by atoms with van der Waals surface area (Å²) in [6.07, 6.45) is 0. The number of nitrogens with one attached hydrogen (secondary N) is 1. The predicted octanol–water partition coefficient (Wildman–Crippen LogP) is 3.50. The summed E-state index contributed by atoms with van der Waals surface area (Å²) in [6.45, 7) is 1.40. The third kappa shape index (κ3) is 2.86. The van der Waals surface area contributed by atoms with Gasteiger partial charge in [-0.2, -0.15) is 0 Å². The first-order valence-corrected chi connectivity index (χ1v) is 6.63. The number of fused-ring (bicyclic) bond motifs is 1. The van der Waals surface area contributed by atoms with E-state index in [1.54, 1.807) is 6.07 Å². The van der Waals surface area contributed by atoms with Gasteiger partial charge in [0.15, 0.2) is 11.5 Å². The molecule has 0 aliphatic carbocycles. The van der Waals surface area contributed by atoms with E-state index < -0.39 is 0 Å². The molecule has 3 rings (SSSR count). The van der Waals surface area contributed by atoms with Crippen LogP contribution in [0.4, 0.5) is 4.39 Å². The molecule has 0 saturated heterocycles. The van der Waals surface area contributed by atoms with Crippen LogP contribution in [-0.2, 0) is 13.1 Å².